The summed E-state index contributed by atoms with van der Waals surface area (Å²) in [5, 5.41) is 15.3. The number of thioether (sulfide) groups is 1. The van der Waals surface area contributed by atoms with Gasteiger partial charge in [-0.15, -0.1) is 10.2 Å². The van der Waals surface area contributed by atoms with Gasteiger partial charge in [-0.2, -0.15) is 5.21 Å². The molecule has 0 saturated carbocycles. The van der Waals surface area contributed by atoms with Crippen LogP contribution in [-0.4, -0.2) is 55.6 Å². The highest BCUT2D eigenvalue weighted by Gasteiger charge is 2.26. The second kappa shape index (κ2) is 11.9. The molecule has 0 atom stereocenters. The second-order valence-electron chi connectivity index (χ2n) is 8.30. The van der Waals surface area contributed by atoms with Crippen LogP contribution in [0.25, 0.3) is 22.5 Å². The number of H-pyrrole nitrogens is 1. The summed E-state index contributed by atoms with van der Waals surface area (Å²) >= 11 is 1.51. The van der Waals surface area contributed by atoms with Gasteiger partial charge in [-0.3, -0.25) is 0 Å². The molecule has 0 aliphatic heterocycles. The number of carbonyl (C=O) groups excluding carboxylic acids is 1. The number of nitrogens with one attached hydrogen (secondary N) is 1. The standard InChI is InChI=1S/C26H31N7O2S/c1-5-7-16-33(24-22(25(34)35-6-2)32(3)26(27-24)36-4)17-18-12-14-19(15-13-18)20-10-8-9-11-21(20)23-28-30-31-29-23/h8-15H,5-7,16-17H2,1-4H3,(H,28,29,30,31). The summed E-state index contributed by atoms with van der Waals surface area (Å²) < 4.78 is 7.19. The third-order valence-corrected chi connectivity index (χ3v) is 6.65. The van der Waals surface area contributed by atoms with Gasteiger partial charge in [-0.05, 0) is 41.5 Å². The lowest BCUT2D eigenvalue weighted by Crippen LogP contribution is -2.27. The lowest BCUT2D eigenvalue weighted by molar-refractivity contribution is 0.0515. The van der Waals surface area contributed by atoms with Crippen molar-refractivity contribution in [2.24, 2.45) is 7.05 Å². The van der Waals surface area contributed by atoms with Crippen LogP contribution in [0, 0.1) is 0 Å². The number of ether oxygens (including phenoxy) is 1. The topological polar surface area (TPSA) is 102 Å². The number of aromatic nitrogens is 6. The number of benzene rings is 2. The van der Waals surface area contributed by atoms with E-state index in [1.54, 1.807) is 0 Å². The lowest BCUT2D eigenvalue weighted by Gasteiger charge is -2.24. The molecule has 0 amide bonds. The van der Waals surface area contributed by atoms with Gasteiger partial charge in [-0.25, -0.2) is 9.78 Å². The molecule has 4 aromatic rings. The Labute approximate surface area is 215 Å². The Hall–Kier alpha value is -3.66. The van der Waals surface area contributed by atoms with Crippen LogP contribution in [0.5, 0.6) is 0 Å². The van der Waals surface area contributed by atoms with Gasteiger partial charge in [0.15, 0.2) is 16.7 Å². The summed E-state index contributed by atoms with van der Waals surface area (Å²) in [7, 11) is 1.86. The molecule has 188 valence electrons. The fourth-order valence-electron chi connectivity index (χ4n) is 4.12. The molecule has 0 aliphatic carbocycles. The minimum atomic E-state index is -0.349. The van der Waals surface area contributed by atoms with Crippen molar-refractivity contribution in [3.63, 3.8) is 0 Å². The van der Waals surface area contributed by atoms with E-state index in [-0.39, 0.29) is 5.97 Å². The fourth-order valence-corrected chi connectivity index (χ4v) is 4.66. The van der Waals surface area contributed by atoms with Crippen LogP contribution in [0.2, 0.25) is 0 Å². The number of rotatable bonds is 11. The second-order valence-corrected chi connectivity index (χ2v) is 9.08. The van der Waals surface area contributed by atoms with Crippen molar-refractivity contribution in [1.82, 2.24) is 30.2 Å². The van der Waals surface area contributed by atoms with Crippen LogP contribution in [0.1, 0.15) is 42.7 Å². The summed E-state index contributed by atoms with van der Waals surface area (Å²) in [6.07, 6.45) is 3.99. The van der Waals surface area contributed by atoms with Crippen LogP contribution in [-0.2, 0) is 18.3 Å². The molecular formula is C26H31N7O2S. The van der Waals surface area contributed by atoms with E-state index in [9.17, 15) is 4.79 Å². The molecule has 0 radical (unpaired) electrons. The maximum atomic E-state index is 12.8. The third kappa shape index (κ3) is 5.43. The van der Waals surface area contributed by atoms with Crippen molar-refractivity contribution in [1.29, 1.82) is 0 Å². The first-order valence-corrected chi connectivity index (χ1v) is 13.2. The zero-order chi connectivity index (χ0) is 25.5. The molecule has 0 bridgehead atoms. The summed E-state index contributed by atoms with van der Waals surface area (Å²) in [6.45, 7) is 5.71. The van der Waals surface area contributed by atoms with E-state index >= 15 is 0 Å². The Morgan fingerprint density at radius 3 is 2.50 bits per heavy atom. The van der Waals surface area contributed by atoms with Crippen LogP contribution in [0.15, 0.2) is 53.7 Å². The quantitative estimate of drug-likeness (QED) is 0.225. The van der Waals surface area contributed by atoms with Crippen LogP contribution in [0.3, 0.4) is 0 Å². The molecular weight excluding hydrogens is 474 g/mol. The Morgan fingerprint density at radius 1 is 1.11 bits per heavy atom. The first-order valence-electron chi connectivity index (χ1n) is 12.0. The van der Waals surface area contributed by atoms with Gasteiger partial charge in [0.2, 0.25) is 5.82 Å². The maximum Gasteiger partial charge on any atom is 0.358 e. The Bertz CT molecular complexity index is 1290. The molecule has 0 aliphatic rings. The molecule has 4 rings (SSSR count). The molecule has 10 heteroatoms. The number of imidazole rings is 1. The van der Waals surface area contributed by atoms with Crippen molar-refractivity contribution >= 4 is 23.5 Å². The number of tetrazole rings is 1. The minimum Gasteiger partial charge on any atom is -0.461 e. The van der Waals surface area contributed by atoms with Crippen molar-refractivity contribution in [3.8, 4) is 22.5 Å². The zero-order valence-electron chi connectivity index (χ0n) is 21.1. The largest absolute Gasteiger partial charge is 0.461 e. The molecule has 36 heavy (non-hydrogen) atoms. The molecule has 9 nitrogen and oxygen atoms in total. The number of aromatic amines is 1. The number of carbonyl (C=O) groups is 1. The molecule has 1 N–H and O–H groups in total. The number of hydrogen-bond donors (Lipinski definition) is 1. The van der Waals surface area contributed by atoms with E-state index in [1.807, 2.05) is 43.0 Å². The molecule has 2 aromatic heterocycles. The van der Waals surface area contributed by atoms with E-state index < -0.39 is 0 Å². The van der Waals surface area contributed by atoms with E-state index in [0.29, 0.717) is 30.5 Å². The summed E-state index contributed by atoms with van der Waals surface area (Å²) in [4.78, 5) is 19.8. The minimum absolute atomic E-state index is 0.319. The smallest absolute Gasteiger partial charge is 0.358 e. The molecule has 0 spiro atoms. The van der Waals surface area contributed by atoms with E-state index in [1.165, 1.54) is 11.8 Å². The Morgan fingerprint density at radius 2 is 1.86 bits per heavy atom. The highest BCUT2D eigenvalue weighted by Crippen LogP contribution is 2.31. The van der Waals surface area contributed by atoms with Gasteiger partial charge in [0.25, 0.3) is 0 Å². The van der Waals surface area contributed by atoms with Crippen LogP contribution >= 0.6 is 11.8 Å². The SMILES string of the molecule is CCCCN(Cc1ccc(-c2ccccc2-c2nn[nH]n2)cc1)c1nc(SC)n(C)c1C(=O)OCC. The van der Waals surface area contributed by atoms with E-state index in [2.05, 4.69) is 62.8 Å². The number of esters is 1. The number of unbranched alkanes of at least 4 members (excludes halogenated alkanes) is 1. The Kier molecular flexibility index (Phi) is 8.37. The van der Waals surface area contributed by atoms with Crippen LogP contribution < -0.4 is 4.90 Å². The molecule has 0 unspecified atom stereocenters. The predicted octanol–water partition coefficient (Wildman–Crippen LogP) is 4.97. The average Bonchev–Trinajstić information content (AvgIpc) is 3.55. The number of nitrogens with zero attached hydrogens (tertiary/aromatic N) is 6. The zero-order valence-corrected chi connectivity index (χ0v) is 21.9. The van der Waals surface area contributed by atoms with Crippen molar-refractivity contribution in [2.45, 2.75) is 38.4 Å². The maximum absolute atomic E-state index is 12.8. The summed E-state index contributed by atoms with van der Waals surface area (Å²) in [5.74, 6) is 0.879. The van der Waals surface area contributed by atoms with Gasteiger partial charge in [0.1, 0.15) is 0 Å². The van der Waals surface area contributed by atoms with Gasteiger partial charge in [-0.1, -0.05) is 73.6 Å². The molecule has 0 fully saturated rings. The van der Waals surface area contributed by atoms with Gasteiger partial charge < -0.3 is 14.2 Å². The number of anilines is 1. The average molecular weight is 506 g/mol. The molecule has 0 saturated heterocycles. The van der Waals surface area contributed by atoms with Crippen molar-refractivity contribution in [2.75, 3.05) is 24.3 Å². The van der Waals surface area contributed by atoms with Crippen molar-refractivity contribution < 1.29 is 9.53 Å². The van der Waals surface area contributed by atoms with Crippen LogP contribution in [0.4, 0.5) is 5.82 Å². The molecule has 2 heterocycles. The first-order chi connectivity index (χ1) is 17.6. The van der Waals surface area contributed by atoms with Crippen molar-refractivity contribution in [3.05, 3.63) is 59.8 Å². The molecule has 2 aromatic carbocycles. The van der Waals surface area contributed by atoms with Gasteiger partial charge in [0.05, 0.1) is 6.61 Å². The lowest BCUT2D eigenvalue weighted by atomic mass is 9.98. The highest BCUT2D eigenvalue weighted by atomic mass is 32.2. The number of hydrogen-bond acceptors (Lipinski definition) is 8. The fraction of sp³-hybridized carbons (Fsp3) is 0.346. The highest BCUT2D eigenvalue weighted by molar-refractivity contribution is 7.98. The normalized spacial score (nSPS) is 11.0. The van der Waals surface area contributed by atoms with Gasteiger partial charge >= 0.3 is 5.97 Å². The Balaban J connectivity index is 1.64. The third-order valence-electron chi connectivity index (χ3n) is 5.92. The van der Waals surface area contributed by atoms with E-state index in [4.69, 9.17) is 9.72 Å². The first kappa shape index (κ1) is 25.4. The monoisotopic (exact) mass is 505 g/mol. The predicted molar refractivity (Wildman–Crippen MR) is 142 cm³/mol. The summed E-state index contributed by atoms with van der Waals surface area (Å²) in [5.41, 5.74) is 4.63. The van der Waals surface area contributed by atoms with E-state index in [0.717, 1.165) is 46.8 Å². The summed E-state index contributed by atoms with van der Waals surface area (Å²) in [6, 6.07) is 16.4. The van der Waals surface area contributed by atoms with Gasteiger partial charge in [0, 0.05) is 25.7 Å².